The highest BCUT2D eigenvalue weighted by Crippen LogP contribution is 2.24. The van der Waals surface area contributed by atoms with Crippen molar-refractivity contribution in [2.45, 2.75) is 39.0 Å². The molecular weight excluding hydrogens is 342 g/mol. The van der Waals surface area contributed by atoms with Crippen molar-refractivity contribution in [2.75, 3.05) is 26.2 Å². The zero-order valence-corrected chi connectivity index (χ0v) is 15.9. The minimum absolute atomic E-state index is 0.0819. The Labute approximate surface area is 160 Å². The molecule has 6 heteroatoms. The fourth-order valence-electron chi connectivity index (χ4n) is 3.45. The molecule has 0 radical (unpaired) electrons. The van der Waals surface area contributed by atoms with Crippen molar-refractivity contribution in [1.29, 1.82) is 0 Å². The number of benzene rings is 1. The van der Waals surface area contributed by atoms with Gasteiger partial charge in [0.2, 0.25) is 0 Å². The number of ether oxygens (including phenoxy) is 1. The van der Waals surface area contributed by atoms with Crippen LogP contribution in [0.2, 0.25) is 0 Å². The molecule has 1 aromatic carbocycles. The second kappa shape index (κ2) is 10.1. The maximum atomic E-state index is 12.3. The van der Waals surface area contributed by atoms with Gasteiger partial charge in [-0.25, -0.2) is 4.79 Å². The number of furan rings is 1. The molecule has 27 heavy (non-hydrogen) atoms. The van der Waals surface area contributed by atoms with Crippen molar-refractivity contribution in [1.82, 2.24) is 15.5 Å². The maximum Gasteiger partial charge on any atom is 0.315 e. The summed E-state index contributed by atoms with van der Waals surface area (Å²) in [6.07, 6.45) is 4.08. The van der Waals surface area contributed by atoms with Crippen LogP contribution >= 0.6 is 0 Å². The fraction of sp³-hybridized carbons (Fsp3) is 0.476. The number of carbonyl (C=O) groups is 1. The van der Waals surface area contributed by atoms with Gasteiger partial charge >= 0.3 is 6.03 Å². The molecule has 6 nitrogen and oxygen atoms in total. The van der Waals surface area contributed by atoms with Crippen LogP contribution in [0.1, 0.15) is 42.7 Å². The summed E-state index contributed by atoms with van der Waals surface area (Å²) in [5.74, 6) is 0.902. The summed E-state index contributed by atoms with van der Waals surface area (Å²) in [5.41, 5.74) is 2.17. The van der Waals surface area contributed by atoms with E-state index in [4.69, 9.17) is 9.15 Å². The Morgan fingerprint density at radius 1 is 1.15 bits per heavy atom. The van der Waals surface area contributed by atoms with E-state index >= 15 is 0 Å². The second-order valence-electron chi connectivity index (χ2n) is 6.74. The van der Waals surface area contributed by atoms with Crippen LogP contribution in [0, 0.1) is 0 Å². The molecule has 1 fully saturated rings. The van der Waals surface area contributed by atoms with E-state index < -0.39 is 0 Å². The lowest BCUT2D eigenvalue weighted by Crippen LogP contribution is -2.41. The molecular formula is C21H29N3O3. The SMILES string of the molecule is CCOCc1ccccc1CNC(=O)NCC(c1ccco1)N1CCCC1. The van der Waals surface area contributed by atoms with Gasteiger partial charge in [0.1, 0.15) is 5.76 Å². The fourth-order valence-corrected chi connectivity index (χ4v) is 3.45. The topological polar surface area (TPSA) is 66.7 Å². The smallest absolute Gasteiger partial charge is 0.315 e. The third-order valence-electron chi connectivity index (χ3n) is 4.93. The molecule has 1 unspecified atom stereocenters. The Morgan fingerprint density at radius 2 is 1.93 bits per heavy atom. The van der Waals surface area contributed by atoms with Crippen molar-refractivity contribution >= 4 is 6.03 Å². The molecule has 2 amide bonds. The molecule has 2 heterocycles. The number of hydrogen-bond acceptors (Lipinski definition) is 4. The van der Waals surface area contributed by atoms with E-state index in [-0.39, 0.29) is 12.1 Å². The average Bonchev–Trinajstić information content (AvgIpc) is 3.40. The molecule has 0 aliphatic carbocycles. The van der Waals surface area contributed by atoms with Crippen LogP contribution in [0.5, 0.6) is 0 Å². The van der Waals surface area contributed by atoms with Crippen LogP contribution < -0.4 is 10.6 Å². The van der Waals surface area contributed by atoms with Crippen LogP contribution in [0.25, 0.3) is 0 Å². The van der Waals surface area contributed by atoms with E-state index in [9.17, 15) is 4.79 Å². The van der Waals surface area contributed by atoms with Crippen molar-refractivity contribution in [2.24, 2.45) is 0 Å². The molecule has 0 saturated carbocycles. The molecule has 1 aromatic heterocycles. The Balaban J connectivity index is 1.51. The third kappa shape index (κ3) is 5.58. The molecule has 0 spiro atoms. The standard InChI is InChI=1S/C21H29N3O3/c1-2-26-16-18-9-4-3-8-17(18)14-22-21(25)23-15-19(20-10-7-13-27-20)24-11-5-6-12-24/h3-4,7-10,13,19H,2,5-6,11-12,14-16H2,1H3,(H2,22,23,25). The summed E-state index contributed by atoms with van der Waals surface area (Å²) < 4.78 is 11.1. The number of rotatable bonds is 9. The van der Waals surface area contributed by atoms with Crippen LogP contribution in [-0.4, -0.2) is 37.2 Å². The van der Waals surface area contributed by atoms with Crippen LogP contribution in [0.3, 0.4) is 0 Å². The first-order valence-corrected chi connectivity index (χ1v) is 9.71. The van der Waals surface area contributed by atoms with Crippen LogP contribution in [0.15, 0.2) is 47.1 Å². The Bertz CT molecular complexity index is 696. The van der Waals surface area contributed by atoms with Gasteiger partial charge in [-0.3, -0.25) is 4.90 Å². The van der Waals surface area contributed by atoms with Crippen LogP contribution in [-0.2, 0) is 17.9 Å². The van der Waals surface area contributed by atoms with E-state index in [2.05, 4.69) is 15.5 Å². The summed E-state index contributed by atoms with van der Waals surface area (Å²) in [6.45, 7) is 6.30. The molecule has 1 aliphatic heterocycles. The van der Waals surface area contributed by atoms with Gasteiger partial charge in [0.15, 0.2) is 0 Å². The molecule has 1 saturated heterocycles. The highest BCUT2D eigenvalue weighted by molar-refractivity contribution is 5.73. The first-order chi connectivity index (χ1) is 13.3. The molecule has 3 rings (SSSR count). The van der Waals surface area contributed by atoms with E-state index in [1.165, 1.54) is 12.8 Å². The van der Waals surface area contributed by atoms with Gasteiger partial charge in [0.05, 0.1) is 18.9 Å². The first-order valence-electron chi connectivity index (χ1n) is 9.71. The average molecular weight is 371 g/mol. The number of carbonyl (C=O) groups excluding carboxylic acids is 1. The molecule has 0 bridgehead atoms. The summed E-state index contributed by atoms with van der Waals surface area (Å²) in [5, 5.41) is 5.95. The first kappa shape index (κ1) is 19.5. The van der Waals surface area contributed by atoms with Crippen LogP contribution in [0.4, 0.5) is 4.79 Å². The highest BCUT2D eigenvalue weighted by Gasteiger charge is 2.25. The summed E-state index contributed by atoms with van der Waals surface area (Å²) in [6, 6.07) is 11.8. The summed E-state index contributed by atoms with van der Waals surface area (Å²) in [7, 11) is 0. The van der Waals surface area contributed by atoms with Crippen molar-refractivity contribution < 1.29 is 13.9 Å². The van der Waals surface area contributed by atoms with Crippen molar-refractivity contribution in [3.8, 4) is 0 Å². The zero-order chi connectivity index (χ0) is 18.9. The number of hydrogen-bond donors (Lipinski definition) is 2. The molecule has 1 aliphatic rings. The molecule has 2 N–H and O–H groups in total. The second-order valence-corrected chi connectivity index (χ2v) is 6.74. The van der Waals surface area contributed by atoms with Crippen molar-refractivity contribution in [3.05, 3.63) is 59.5 Å². The minimum atomic E-state index is -0.169. The lowest BCUT2D eigenvalue weighted by Gasteiger charge is -2.26. The van der Waals surface area contributed by atoms with Gasteiger partial charge in [0.25, 0.3) is 0 Å². The number of nitrogens with zero attached hydrogens (tertiary/aromatic N) is 1. The predicted octanol–water partition coefficient (Wildman–Crippen LogP) is 3.45. The summed E-state index contributed by atoms with van der Waals surface area (Å²) in [4.78, 5) is 14.7. The van der Waals surface area contributed by atoms with Gasteiger partial charge in [-0.15, -0.1) is 0 Å². The normalized spacial score (nSPS) is 15.6. The van der Waals surface area contributed by atoms with Gasteiger partial charge in [-0.1, -0.05) is 24.3 Å². The van der Waals surface area contributed by atoms with Crippen molar-refractivity contribution in [3.63, 3.8) is 0 Å². The van der Waals surface area contributed by atoms with E-state index in [0.29, 0.717) is 26.3 Å². The van der Waals surface area contributed by atoms with Gasteiger partial charge < -0.3 is 19.8 Å². The number of nitrogens with one attached hydrogen (secondary N) is 2. The third-order valence-corrected chi connectivity index (χ3v) is 4.93. The quantitative estimate of drug-likeness (QED) is 0.708. The van der Waals surface area contributed by atoms with Gasteiger partial charge in [-0.05, 0) is 56.1 Å². The number of amides is 2. The lowest BCUT2D eigenvalue weighted by molar-refractivity contribution is 0.133. The monoisotopic (exact) mass is 371 g/mol. The molecule has 2 aromatic rings. The number of likely N-dealkylation sites (tertiary alicyclic amines) is 1. The predicted molar refractivity (Wildman–Crippen MR) is 104 cm³/mol. The maximum absolute atomic E-state index is 12.3. The summed E-state index contributed by atoms with van der Waals surface area (Å²) >= 11 is 0. The van der Waals surface area contributed by atoms with E-state index in [1.54, 1.807) is 6.26 Å². The van der Waals surface area contributed by atoms with E-state index in [1.807, 2.05) is 43.3 Å². The lowest BCUT2D eigenvalue weighted by atomic mass is 10.1. The highest BCUT2D eigenvalue weighted by atomic mass is 16.5. The minimum Gasteiger partial charge on any atom is -0.468 e. The Hall–Kier alpha value is -2.31. The molecule has 1 atom stereocenters. The van der Waals surface area contributed by atoms with Gasteiger partial charge in [-0.2, -0.15) is 0 Å². The molecule has 146 valence electrons. The van der Waals surface area contributed by atoms with E-state index in [0.717, 1.165) is 30.0 Å². The zero-order valence-electron chi connectivity index (χ0n) is 15.9. The Kier molecular flexibility index (Phi) is 7.30. The van der Waals surface area contributed by atoms with Gasteiger partial charge in [0, 0.05) is 19.7 Å². The number of urea groups is 1. The largest absolute Gasteiger partial charge is 0.468 e. The Morgan fingerprint density at radius 3 is 2.63 bits per heavy atom.